The van der Waals surface area contributed by atoms with Crippen LogP contribution in [0.4, 0.5) is 10.1 Å². The highest BCUT2D eigenvalue weighted by Crippen LogP contribution is 2.17. The molecule has 0 aliphatic heterocycles. The van der Waals surface area contributed by atoms with Crippen molar-refractivity contribution in [3.8, 4) is 5.69 Å². The SMILES string of the molecule is Cc1ccc(F)c(NC(=O)c2cccc(-n3cnnn3)c2)c1. The van der Waals surface area contributed by atoms with Gasteiger partial charge in [0.1, 0.15) is 12.1 Å². The molecule has 0 saturated heterocycles. The highest BCUT2D eigenvalue weighted by atomic mass is 19.1. The molecule has 7 heteroatoms. The minimum atomic E-state index is -0.476. The standard InChI is InChI=1S/C15H12FN5O/c1-10-5-6-13(16)14(7-10)18-15(22)11-3-2-4-12(8-11)21-9-17-19-20-21/h2-9H,1H3,(H,18,22). The molecule has 0 aliphatic rings. The molecule has 0 radical (unpaired) electrons. The van der Waals surface area contributed by atoms with E-state index < -0.39 is 11.7 Å². The largest absolute Gasteiger partial charge is 0.319 e. The van der Waals surface area contributed by atoms with E-state index in [4.69, 9.17) is 0 Å². The van der Waals surface area contributed by atoms with Crippen molar-refractivity contribution < 1.29 is 9.18 Å². The Hall–Kier alpha value is -3.09. The first-order valence-corrected chi connectivity index (χ1v) is 6.54. The highest BCUT2D eigenvalue weighted by molar-refractivity contribution is 6.04. The molecule has 0 fully saturated rings. The number of halogens is 1. The van der Waals surface area contributed by atoms with E-state index in [1.165, 1.54) is 17.1 Å². The van der Waals surface area contributed by atoms with Crippen LogP contribution in [0.15, 0.2) is 48.8 Å². The van der Waals surface area contributed by atoms with Crippen molar-refractivity contribution >= 4 is 11.6 Å². The van der Waals surface area contributed by atoms with Crippen molar-refractivity contribution in [1.82, 2.24) is 20.2 Å². The molecular weight excluding hydrogens is 285 g/mol. The summed E-state index contributed by atoms with van der Waals surface area (Å²) in [7, 11) is 0. The van der Waals surface area contributed by atoms with Crippen LogP contribution in [0, 0.1) is 12.7 Å². The van der Waals surface area contributed by atoms with Gasteiger partial charge in [0.25, 0.3) is 5.91 Å². The lowest BCUT2D eigenvalue weighted by molar-refractivity contribution is 0.102. The van der Waals surface area contributed by atoms with E-state index in [-0.39, 0.29) is 5.69 Å². The third-order valence-corrected chi connectivity index (χ3v) is 3.09. The van der Waals surface area contributed by atoms with Crippen LogP contribution in [0.1, 0.15) is 15.9 Å². The molecule has 0 saturated carbocycles. The predicted molar refractivity (Wildman–Crippen MR) is 78.2 cm³/mol. The zero-order valence-electron chi connectivity index (χ0n) is 11.7. The average molecular weight is 297 g/mol. The predicted octanol–water partition coefficient (Wildman–Crippen LogP) is 2.36. The second-order valence-corrected chi connectivity index (χ2v) is 4.74. The van der Waals surface area contributed by atoms with Crippen molar-refractivity contribution in [2.24, 2.45) is 0 Å². The summed E-state index contributed by atoms with van der Waals surface area (Å²) in [6, 6.07) is 11.3. The van der Waals surface area contributed by atoms with Gasteiger partial charge in [-0.15, -0.1) is 5.10 Å². The summed E-state index contributed by atoms with van der Waals surface area (Å²) in [6.07, 6.45) is 1.43. The molecule has 3 aromatic rings. The highest BCUT2D eigenvalue weighted by Gasteiger charge is 2.11. The van der Waals surface area contributed by atoms with E-state index >= 15 is 0 Å². The van der Waals surface area contributed by atoms with Crippen LogP contribution >= 0.6 is 0 Å². The molecule has 0 aliphatic carbocycles. The van der Waals surface area contributed by atoms with E-state index in [1.54, 1.807) is 36.4 Å². The van der Waals surface area contributed by atoms with Gasteiger partial charge >= 0.3 is 0 Å². The Bertz CT molecular complexity index is 817. The van der Waals surface area contributed by atoms with Crippen molar-refractivity contribution in [2.45, 2.75) is 6.92 Å². The van der Waals surface area contributed by atoms with Crippen LogP contribution in [0.25, 0.3) is 5.69 Å². The maximum atomic E-state index is 13.7. The van der Waals surface area contributed by atoms with E-state index in [0.29, 0.717) is 11.3 Å². The van der Waals surface area contributed by atoms with E-state index in [2.05, 4.69) is 20.8 Å². The van der Waals surface area contributed by atoms with Crippen molar-refractivity contribution in [3.63, 3.8) is 0 Å². The van der Waals surface area contributed by atoms with Crippen LogP contribution in [-0.4, -0.2) is 26.1 Å². The Morgan fingerprint density at radius 1 is 1.23 bits per heavy atom. The number of carbonyl (C=O) groups excluding carboxylic acids is 1. The van der Waals surface area contributed by atoms with Crippen molar-refractivity contribution in [1.29, 1.82) is 0 Å². The number of rotatable bonds is 3. The van der Waals surface area contributed by atoms with E-state index in [9.17, 15) is 9.18 Å². The summed E-state index contributed by atoms with van der Waals surface area (Å²) < 4.78 is 15.1. The summed E-state index contributed by atoms with van der Waals surface area (Å²) in [5.74, 6) is -0.880. The van der Waals surface area contributed by atoms with Gasteiger partial charge in [-0.25, -0.2) is 9.07 Å². The summed E-state index contributed by atoms with van der Waals surface area (Å²) in [6.45, 7) is 1.83. The molecule has 1 heterocycles. The Kier molecular flexibility index (Phi) is 3.61. The van der Waals surface area contributed by atoms with Crippen LogP contribution in [0.5, 0.6) is 0 Å². The lowest BCUT2D eigenvalue weighted by Gasteiger charge is -2.08. The molecule has 0 atom stereocenters. The minimum Gasteiger partial charge on any atom is -0.319 e. The number of aromatic nitrogens is 4. The van der Waals surface area contributed by atoms with Crippen LogP contribution < -0.4 is 5.32 Å². The number of aryl methyl sites for hydroxylation is 1. The lowest BCUT2D eigenvalue weighted by Crippen LogP contribution is -2.13. The number of nitrogens with zero attached hydrogens (tertiary/aromatic N) is 4. The molecule has 1 aromatic heterocycles. The zero-order chi connectivity index (χ0) is 15.5. The third-order valence-electron chi connectivity index (χ3n) is 3.09. The number of benzene rings is 2. The first kappa shape index (κ1) is 13.9. The molecule has 0 unspecified atom stereocenters. The maximum Gasteiger partial charge on any atom is 0.255 e. The Labute approximate surface area is 125 Å². The molecular formula is C15H12FN5O. The Morgan fingerprint density at radius 2 is 2.09 bits per heavy atom. The van der Waals surface area contributed by atoms with Gasteiger partial charge in [-0.3, -0.25) is 4.79 Å². The Morgan fingerprint density at radius 3 is 2.86 bits per heavy atom. The fourth-order valence-corrected chi connectivity index (χ4v) is 2.00. The van der Waals surface area contributed by atoms with E-state index in [0.717, 1.165) is 5.56 Å². The number of carbonyl (C=O) groups is 1. The van der Waals surface area contributed by atoms with Gasteiger partial charge in [-0.05, 0) is 53.2 Å². The average Bonchev–Trinajstić information content (AvgIpc) is 3.05. The molecule has 3 rings (SSSR count). The number of hydrogen-bond donors (Lipinski definition) is 1. The van der Waals surface area contributed by atoms with Crippen LogP contribution in [-0.2, 0) is 0 Å². The number of nitrogens with one attached hydrogen (secondary N) is 1. The second-order valence-electron chi connectivity index (χ2n) is 4.74. The van der Waals surface area contributed by atoms with Crippen molar-refractivity contribution in [2.75, 3.05) is 5.32 Å². The molecule has 22 heavy (non-hydrogen) atoms. The maximum absolute atomic E-state index is 13.7. The van der Waals surface area contributed by atoms with Crippen LogP contribution in [0.2, 0.25) is 0 Å². The minimum absolute atomic E-state index is 0.151. The van der Waals surface area contributed by atoms with Gasteiger partial charge in [0.15, 0.2) is 0 Å². The van der Waals surface area contributed by atoms with Crippen molar-refractivity contribution in [3.05, 3.63) is 65.7 Å². The molecule has 1 amide bonds. The molecule has 6 nitrogen and oxygen atoms in total. The number of tetrazole rings is 1. The second kappa shape index (κ2) is 5.72. The fourth-order valence-electron chi connectivity index (χ4n) is 2.00. The number of anilines is 1. The monoisotopic (exact) mass is 297 g/mol. The summed E-state index contributed by atoms with van der Waals surface area (Å²) in [4.78, 5) is 12.3. The topological polar surface area (TPSA) is 72.7 Å². The normalized spacial score (nSPS) is 10.5. The van der Waals surface area contributed by atoms with Gasteiger partial charge in [-0.1, -0.05) is 12.1 Å². The van der Waals surface area contributed by atoms with Gasteiger partial charge in [0.2, 0.25) is 0 Å². The van der Waals surface area contributed by atoms with Gasteiger partial charge in [0, 0.05) is 5.56 Å². The molecule has 1 N–H and O–H groups in total. The number of amides is 1. The van der Waals surface area contributed by atoms with Gasteiger partial charge in [0.05, 0.1) is 11.4 Å². The lowest BCUT2D eigenvalue weighted by atomic mass is 10.1. The zero-order valence-corrected chi connectivity index (χ0v) is 11.7. The van der Waals surface area contributed by atoms with E-state index in [1.807, 2.05) is 6.92 Å². The molecule has 0 spiro atoms. The Balaban J connectivity index is 1.86. The van der Waals surface area contributed by atoms with Gasteiger partial charge in [-0.2, -0.15) is 0 Å². The first-order valence-electron chi connectivity index (χ1n) is 6.54. The summed E-state index contributed by atoms with van der Waals surface area (Å²) in [5.41, 5.74) is 2.04. The quantitative estimate of drug-likeness (QED) is 0.805. The first-order chi connectivity index (χ1) is 10.6. The van der Waals surface area contributed by atoms with Gasteiger partial charge < -0.3 is 5.32 Å². The summed E-state index contributed by atoms with van der Waals surface area (Å²) >= 11 is 0. The molecule has 2 aromatic carbocycles. The smallest absolute Gasteiger partial charge is 0.255 e. The molecule has 0 bridgehead atoms. The van der Waals surface area contributed by atoms with Crippen LogP contribution in [0.3, 0.4) is 0 Å². The number of hydrogen-bond acceptors (Lipinski definition) is 4. The molecule has 110 valence electrons. The summed E-state index contributed by atoms with van der Waals surface area (Å²) in [5, 5.41) is 13.4. The third kappa shape index (κ3) is 2.83. The fraction of sp³-hybridized carbons (Fsp3) is 0.0667.